The molecule has 0 aliphatic carbocycles. The van der Waals surface area contributed by atoms with Gasteiger partial charge in [0.1, 0.15) is 22.9 Å². The monoisotopic (exact) mass is 278 g/mol. The quantitative estimate of drug-likeness (QED) is 0.878. The Labute approximate surface area is 116 Å². The number of ether oxygens (including phenoxy) is 1. The number of nitrogen functional groups attached to an aromatic ring is 1. The molecule has 1 aromatic carbocycles. The average Bonchev–Trinajstić information content (AvgIpc) is 2.43. The second-order valence-electron chi connectivity index (χ2n) is 3.92. The van der Waals surface area contributed by atoms with E-state index in [9.17, 15) is 0 Å². The lowest BCUT2D eigenvalue weighted by Gasteiger charge is -2.09. The molecule has 0 aliphatic rings. The summed E-state index contributed by atoms with van der Waals surface area (Å²) in [6.07, 6.45) is 2.35. The Hall–Kier alpha value is -2.01. The lowest BCUT2D eigenvalue weighted by atomic mass is 10.3. The topological polar surface area (TPSA) is 73.1 Å². The van der Waals surface area contributed by atoms with Crippen molar-refractivity contribution >= 4 is 28.9 Å². The number of halogens is 1. The summed E-state index contributed by atoms with van der Waals surface area (Å²) in [7, 11) is 0. The minimum absolute atomic E-state index is 0.252. The number of nitrogens with two attached hydrogens (primary N) is 1. The van der Waals surface area contributed by atoms with Crippen LogP contribution in [0.2, 0.25) is 5.02 Å². The lowest BCUT2D eigenvalue weighted by Crippen LogP contribution is -2.00. The molecule has 0 aliphatic heterocycles. The van der Waals surface area contributed by atoms with Crippen molar-refractivity contribution in [3.05, 3.63) is 35.6 Å². The molecular weight excluding hydrogens is 264 g/mol. The van der Waals surface area contributed by atoms with E-state index in [0.29, 0.717) is 17.4 Å². The third kappa shape index (κ3) is 3.48. The van der Waals surface area contributed by atoms with Crippen LogP contribution in [-0.4, -0.2) is 16.6 Å². The Bertz CT molecular complexity index is 545. The highest BCUT2D eigenvalue weighted by Crippen LogP contribution is 2.27. The van der Waals surface area contributed by atoms with Crippen LogP contribution in [-0.2, 0) is 0 Å². The fourth-order valence-corrected chi connectivity index (χ4v) is 1.61. The first-order valence-corrected chi connectivity index (χ1v) is 6.34. The highest BCUT2D eigenvalue weighted by Gasteiger charge is 2.06. The van der Waals surface area contributed by atoms with Crippen molar-refractivity contribution in [3.63, 3.8) is 0 Å². The van der Waals surface area contributed by atoms with Crippen LogP contribution in [0.25, 0.3) is 0 Å². The van der Waals surface area contributed by atoms with Crippen LogP contribution in [0.15, 0.2) is 30.6 Å². The van der Waals surface area contributed by atoms with Crippen molar-refractivity contribution in [2.75, 3.05) is 17.7 Å². The summed E-state index contributed by atoms with van der Waals surface area (Å²) in [5, 5.41) is 3.39. The Morgan fingerprint density at radius 3 is 2.68 bits per heavy atom. The maximum absolute atomic E-state index is 6.01. The molecule has 19 heavy (non-hydrogen) atoms. The molecule has 0 spiro atoms. The zero-order chi connectivity index (χ0) is 13.7. The molecule has 0 bridgehead atoms. The fourth-order valence-electron chi connectivity index (χ4n) is 1.46. The summed E-state index contributed by atoms with van der Waals surface area (Å²) < 4.78 is 5.50. The highest BCUT2D eigenvalue weighted by molar-refractivity contribution is 6.35. The van der Waals surface area contributed by atoms with Gasteiger partial charge in [-0.05, 0) is 30.7 Å². The van der Waals surface area contributed by atoms with Gasteiger partial charge in [0.05, 0.1) is 6.61 Å². The summed E-state index contributed by atoms with van der Waals surface area (Å²) in [5.74, 6) is 1.57. The van der Waals surface area contributed by atoms with Crippen LogP contribution >= 0.6 is 11.6 Å². The van der Waals surface area contributed by atoms with E-state index in [2.05, 4.69) is 22.2 Å². The minimum atomic E-state index is 0.252. The minimum Gasteiger partial charge on any atom is -0.494 e. The normalized spacial score (nSPS) is 10.2. The van der Waals surface area contributed by atoms with Crippen molar-refractivity contribution in [1.82, 2.24) is 9.97 Å². The number of anilines is 3. The number of aromatic nitrogens is 2. The van der Waals surface area contributed by atoms with Crippen molar-refractivity contribution in [2.45, 2.75) is 13.3 Å². The van der Waals surface area contributed by atoms with Crippen LogP contribution in [0.4, 0.5) is 17.3 Å². The van der Waals surface area contributed by atoms with Gasteiger partial charge in [-0.15, -0.1) is 0 Å². The Kier molecular flexibility index (Phi) is 4.41. The van der Waals surface area contributed by atoms with Gasteiger partial charge in [0.15, 0.2) is 5.82 Å². The molecule has 0 saturated carbocycles. The van der Waals surface area contributed by atoms with E-state index in [1.54, 1.807) is 0 Å². The van der Waals surface area contributed by atoms with Crippen molar-refractivity contribution in [3.8, 4) is 5.75 Å². The second kappa shape index (κ2) is 6.24. The van der Waals surface area contributed by atoms with E-state index in [1.807, 2.05) is 24.3 Å². The molecule has 5 nitrogen and oxygen atoms in total. The fraction of sp³-hybridized carbons (Fsp3) is 0.231. The first-order chi connectivity index (χ1) is 9.20. The number of hydrogen-bond donors (Lipinski definition) is 2. The molecular formula is C13H15ClN4O. The lowest BCUT2D eigenvalue weighted by molar-refractivity contribution is 0.317. The van der Waals surface area contributed by atoms with Gasteiger partial charge in [-0.3, -0.25) is 0 Å². The molecule has 2 aromatic rings. The molecule has 0 amide bonds. The Morgan fingerprint density at radius 2 is 2.00 bits per heavy atom. The molecule has 1 aromatic heterocycles. The molecule has 0 saturated heterocycles. The van der Waals surface area contributed by atoms with Crippen molar-refractivity contribution in [2.24, 2.45) is 0 Å². The molecule has 0 radical (unpaired) electrons. The van der Waals surface area contributed by atoms with Gasteiger partial charge in [0, 0.05) is 5.69 Å². The van der Waals surface area contributed by atoms with E-state index in [1.165, 1.54) is 6.33 Å². The van der Waals surface area contributed by atoms with Gasteiger partial charge in [-0.1, -0.05) is 18.5 Å². The predicted molar refractivity (Wildman–Crippen MR) is 77.0 cm³/mol. The van der Waals surface area contributed by atoms with Gasteiger partial charge in [-0.25, -0.2) is 9.97 Å². The first-order valence-electron chi connectivity index (χ1n) is 5.96. The van der Waals surface area contributed by atoms with Gasteiger partial charge < -0.3 is 15.8 Å². The van der Waals surface area contributed by atoms with Crippen LogP contribution in [0.1, 0.15) is 13.3 Å². The SMILES string of the molecule is CCCOc1ccc(Nc2ncnc(N)c2Cl)cc1. The number of rotatable bonds is 5. The third-order valence-electron chi connectivity index (χ3n) is 2.41. The molecule has 6 heteroatoms. The van der Waals surface area contributed by atoms with Crippen molar-refractivity contribution < 1.29 is 4.74 Å². The molecule has 0 unspecified atom stereocenters. The van der Waals surface area contributed by atoms with Crippen LogP contribution in [0.3, 0.4) is 0 Å². The molecule has 1 heterocycles. The smallest absolute Gasteiger partial charge is 0.154 e. The van der Waals surface area contributed by atoms with E-state index in [4.69, 9.17) is 22.1 Å². The third-order valence-corrected chi connectivity index (χ3v) is 2.78. The van der Waals surface area contributed by atoms with Gasteiger partial charge >= 0.3 is 0 Å². The summed E-state index contributed by atoms with van der Waals surface area (Å²) >= 11 is 6.01. The summed E-state index contributed by atoms with van der Waals surface area (Å²) in [6.45, 7) is 2.78. The standard InChI is InChI=1S/C13H15ClN4O/c1-2-7-19-10-5-3-9(4-6-10)18-13-11(14)12(15)16-8-17-13/h3-6,8H,2,7H2,1H3,(H3,15,16,17,18). The second-order valence-corrected chi connectivity index (χ2v) is 4.30. The number of nitrogens with zero attached hydrogens (tertiary/aromatic N) is 2. The highest BCUT2D eigenvalue weighted by atomic mass is 35.5. The largest absolute Gasteiger partial charge is 0.494 e. The molecule has 0 atom stereocenters. The summed E-state index contributed by atoms with van der Waals surface area (Å²) in [5.41, 5.74) is 6.46. The van der Waals surface area contributed by atoms with E-state index < -0.39 is 0 Å². The van der Waals surface area contributed by atoms with Gasteiger partial charge in [0.25, 0.3) is 0 Å². The van der Waals surface area contributed by atoms with Crippen molar-refractivity contribution in [1.29, 1.82) is 0 Å². The van der Waals surface area contributed by atoms with Gasteiger partial charge in [0.2, 0.25) is 0 Å². The summed E-state index contributed by atoms with van der Waals surface area (Å²) in [6, 6.07) is 7.55. The zero-order valence-electron chi connectivity index (χ0n) is 10.6. The molecule has 100 valence electrons. The maximum atomic E-state index is 6.01. The maximum Gasteiger partial charge on any atom is 0.154 e. The Morgan fingerprint density at radius 1 is 1.26 bits per heavy atom. The number of nitrogens with one attached hydrogen (secondary N) is 1. The number of benzene rings is 1. The molecule has 2 rings (SSSR count). The van der Waals surface area contributed by atoms with E-state index in [-0.39, 0.29) is 5.82 Å². The average molecular weight is 279 g/mol. The molecule has 0 fully saturated rings. The number of hydrogen-bond acceptors (Lipinski definition) is 5. The van der Waals surface area contributed by atoms with E-state index in [0.717, 1.165) is 17.9 Å². The first kappa shape index (κ1) is 13.4. The zero-order valence-corrected chi connectivity index (χ0v) is 11.3. The predicted octanol–water partition coefficient (Wildman–Crippen LogP) is 3.24. The van der Waals surface area contributed by atoms with Crippen LogP contribution in [0.5, 0.6) is 5.75 Å². The summed E-state index contributed by atoms with van der Waals surface area (Å²) in [4.78, 5) is 7.84. The van der Waals surface area contributed by atoms with Gasteiger partial charge in [-0.2, -0.15) is 0 Å². The van der Waals surface area contributed by atoms with Crippen LogP contribution in [0, 0.1) is 0 Å². The molecule has 3 N–H and O–H groups in total. The van der Waals surface area contributed by atoms with Crippen LogP contribution < -0.4 is 15.8 Å². The Balaban J connectivity index is 2.09. The van der Waals surface area contributed by atoms with E-state index >= 15 is 0 Å².